The van der Waals surface area contributed by atoms with Gasteiger partial charge >= 0.3 is 0 Å². The van der Waals surface area contributed by atoms with E-state index in [0.29, 0.717) is 0 Å². The zero-order valence-electron chi connectivity index (χ0n) is 6.10. The van der Waals surface area contributed by atoms with Crippen molar-refractivity contribution in [2.45, 2.75) is 0 Å². The zero-order chi connectivity index (χ0) is 8.69. The molecule has 0 saturated carbocycles. The van der Waals surface area contributed by atoms with Gasteiger partial charge in [-0.2, -0.15) is 0 Å². The van der Waals surface area contributed by atoms with Crippen molar-refractivity contribution in [3.05, 3.63) is 34.6 Å². The van der Waals surface area contributed by atoms with E-state index in [1.54, 1.807) is 0 Å². The molecular formula is C6H9N3O2. The van der Waals surface area contributed by atoms with Gasteiger partial charge in [-0.1, -0.05) is 0 Å². The van der Waals surface area contributed by atoms with Crippen LogP contribution in [0, 0.1) is 10.1 Å². The summed E-state index contributed by atoms with van der Waals surface area (Å²) in [6.45, 7) is 0. The summed E-state index contributed by atoms with van der Waals surface area (Å²) in [4.78, 5) is 13.1. The first-order chi connectivity index (χ1) is 5.30. The third kappa shape index (κ3) is 3.27. The molecule has 0 fully saturated rings. The van der Waals surface area contributed by atoms with Crippen LogP contribution >= 0.6 is 0 Å². The van der Waals surface area contributed by atoms with E-state index in [0.717, 1.165) is 0 Å². The van der Waals surface area contributed by atoms with E-state index in [-0.39, 0.29) is 5.69 Å². The second-order valence-electron chi connectivity index (χ2n) is 1.47. The number of hydrogen-bond acceptors (Lipinski definition) is 4. The van der Waals surface area contributed by atoms with Crippen molar-refractivity contribution in [1.29, 1.82) is 0 Å². The van der Waals surface area contributed by atoms with E-state index >= 15 is 0 Å². The number of aromatic nitrogens is 1. The molecule has 1 heterocycles. The molecule has 0 atom stereocenters. The smallest absolute Gasteiger partial charge is 0.287 e. The van der Waals surface area contributed by atoms with Gasteiger partial charge in [0.05, 0.1) is 4.92 Å². The number of nitro groups is 1. The molecule has 1 aromatic rings. The molecule has 0 saturated heterocycles. The van der Waals surface area contributed by atoms with Gasteiger partial charge in [0.15, 0.2) is 0 Å². The molecule has 11 heavy (non-hydrogen) atoms. The van der Waals surface area contributed by atoms with Crippen LogP contribution < -0.4 is 5.73 Å². The minimum Gasteiger partial charge on any atom is -0.333 e. The van der Waals surface area contributed by atoms with Crippen molar-refractivity contribution in [3.8, 4) is 0 Å². The van der Waals surface area contributed by atoms with Crippen LogP contribution in [-0.2, 0) is 0 Å². The average Bonchev–Trinajstić information content (AvgIpc) is 2.10. The van der Waals surface area contributed by atoms with E-state index in [4.69, 9.17) is 0 Å². The minimum absolute atomic E-state index is 0.0255. The quantitative estimate of drug-likeness (QED) is 0.474. The van der Waals surface area contributed by atoms with Crippen LogP contribution in [-0.4, -0.2) is 17.0 Å². The van der Waals surface area contributed by atoms with Crippen molar-refractivity contribution >= 4 is 5.69 Å². The first-order valence-corrected chi connectivity index (χ1v) is 2.93. The summed E-state index contributed by atoms with van der Waals surface area (Å²) in [7, 11) is 1.50. The number of nitrogens with zero attached hydrogens (tertiary/aromatic N) is 2. The molecule has 0 amide bonds. The van der Waals surface area contributed by atoms with Crippen LogP contribution in [0.25, 0.3) is 0 Å². The van der Waals surface area contributed by atoms with Crippen LogP contribution in [0.15, 0.2) is 24.5 Å². The van der Waals surface area contributed by atoms with Gasteiger partial charge in [-0.05, 0) is 13.1 Å². The Hall–Kier alpha value is -1.49. The summed E-state index contributed by atoms with van der Waals surface area (Å²) in [5, 5.41) is 9.97. The lowest BCUT2D eigenvalue weighted by Gasteiger charge is -1.84. The maximum Gasteiger partial charge on any atom is 0.287 e. The molecule has 2 N–H and O–H groups in total. The summed E-state index contributed by atoms with van der Waals surface area (Å²) in [6.07, 6.45) is 2.70. The van der Waals surface area contributed by atoms with Crippen LogP contribution in [0.1, 0.15) is 0 Å². The monoisotopic (exact) mass is 155 g/mol. The van der Waals surface area contributed by atoms with E-state index in [9.17, 15) is 10.1 Å². The van der Waals surface area contributed by atoms with Gasteiger partial charge in [0.25, 0.3) is 5.69 Å². The van der Waals surface area contributed by atoms with Gasteiger partial charge in [0.1, 0.15) is 6.20 Å². The molecule has 60 valence electrons. The second-order valence-corrected chi connectivity index (χ2v) is 1.47. The van der Waals surface area contributed by atoms with Crippen molar-refractivity contribution in [2.75, 3.05) is 7.05 Å². The van der Waals surface area contributed by atoms with Crippen molar-refractivity contribution in [3.63, 3.8) is 0 Å². The highest BCUT2D eigenvalue weighted by Gasteiger charge is 1.99. The van der Waals surface area contributed by atoms with Gasteiger partial charge in [-0.3, -0.25) is 15.1 Å². The molecule has 1 rings (SSSR count). The van der Waals surface area contributed by atoms with E-state index in [1.807, 2.05) is 0 Å². The Bertz CT molecular complexity index is 212. The normalized spacial score (nSPS) is 7.82. The molecule has 0 spiro atoms. The SMILES string of the molecule is CN.O=[N+]([O-])c1cccnc1. The second kappa shape index (κ2) is 5.31. The summed E-state index contributed by atoms with van der Waals surface area (Å²) in [5.41, 5.74) is 4.53. The highest BCUT2D eigenvalue weighted by molar-refractivity contribution is 5.23. The summed E-state index contributed by atoms with van der Waals surface area (Å²) in [5.74, 6) is 0. The lowest BCUT2D eigenvalue weighted by atomic mass is 10.4. The van der Waals surface area contributed by atoms with Gasteiger partial charge in [-0.15, -0.1) is 0 Å². The van der Waals surface area contributed by atoms with E-state index in [1.165, 1.54) is 31.6 Å². The average molecular weight is 155 g/mol. The lowest BCUT2D eigenvalue weighted by Crippen LogP contribution is -1.86. The summed E-state index contributed by atoms with van der Waals surface area (Å²) in [6, 6.07) is 2.92. The number of nitrogens with two attached hydrogens (primary N) is 1. The Morgan fingerprint density at radius 1 is 1.64 bits per heavy atom. The molecule has 5 nitrogen and oxygen atoms in total. The standard InChI is InChI=1S/C5H4N2O2.CH5N/c8-7(9)5-2-1-3-6-4-5;1-2/h1-4H;2H2,1H3. The molecular weight excluding hydrogens is 146 g/mol. The van der Waals surface area contributed by atoms with Crippen LogP contribution in [0.4, 0.5) is 5.69 Å². The number of hydrogen-bond donors (Lipinski definition) is 1. The molecule has 5 heteroatoms. The molecule has 0 aliphatic rings. The fourth-order valence-corrected chi connectivity index (χ4v) is 0.462. The molecule has 0 aliphatic carbocycles. The Morgan fingerprint density at radius 2 is 2.27 bits per heavy atom. The Labute approximate surface area is 64.0 Å². The molecule has 0 unspecified atom stereocenters. The molecule has 0 aromatic carbocycles. The fraction of sp³-hybridized carbons (Fsp3) is 0.167. The maximum absolute atomic E-state index is 9.97. The molecule has 0 aliphatic heterocycles. The topological polar surface area (TPSA) is 82.0 Å². The highest BCUT2D eigenvalue weighted by Crippen LogP contribution is 2.04. The van der Waals surface area contributed by atoms with Gasteiger partial charge in [0, 0.05) is 12.3 Å². The molecule has 0 bridgehead atoms. The van der Waals surface area contributed by atoms with Gasteiger partial charge in [-0.25, -0.2) is 0 Å². The van der Waals surface area contributed by atoms with Gasteiger partial charge < -0.3 is 5.73 Å². The maximum atomic E-state index is 9.97. The Balaban J connectivity index is 0.000000461. The third-order valence-electron chi connectivity index (χ3n) is 0.857. The Kier molecular flexibility index (Phi) is 4.59. The largest absolute Gasteiger partial charge is 0.333 e. The van der Waals surface area contributed by atoms with Gasteiger partial charge in [0.2, 0.25) is 0 Å². The van der Waals surface area contributed by atoms with Crippen molar-refractivity contribution in [2.24, 2.45) is 5.73 Å². The first kappa shape index (κ1) is 9.51. The molecule has 0 radical (unpaired) electrons. The van der Waals surface area contributed by atoms with Crippen molar-refractivity contribution < 1.29 is 4.92 Å². The predicted octanol–water partition coefficient (Wildman–Crippen LogP) is 0.565. The van der Waals surface area contributed by atoms with Crippen LogP contribution in [0.2, 0.25) is 0 Å². The van der Waals surface area contributed by atoms with Crippen LogP contribution in [0.3, 0.4) is 0 Å². The third-order valence-corrected chi connectivity index (χ3v) is 0.857. The first-order valence-electron chi connectivity index (χ1n) is 2.93. The number of rotatable bonds is 1. The summed E-state index contributed by atoms with van der Waals surface area (Å²) >= 11 is 0. The Morgan fingerprint density at radius 3 is 2.55 bits per heavy atom. The molecule has 1 aromatic heterocycles. The lowest BCUT2D eigenvalue weighted by molar-refractivity contribution is -0.385. The van der Waals surface area contributed by atoms with Crippen LogP contribution in [0.5, 0.6) is 0 Å². The predicted molar refractivity (Wildman–Crippen MR) is 41.0 cm³/mol. The minimum atomic E-state index is -0.479. The fourth-order valence-electron chi connectivity index (χ4n) is 0.462. The van der Waals surface area contributed by atoms with Crippen molar-refractivity contribution in [1.82, 2.24) is 4.98 Å². The summed E-state index contributed by atoms with van der Waals surface area (Å²) < 4.78 is 0. The van der Waals surface area contributed by atoms with E-state index < -0.39 is 4.92 Å². The number of pyridine rings is 1. The highest BCUT2D eigenvalue weighted by atomic mass is 16.6. The van der Waals surface area contributed by atoms with E-state index in [2.05, 4.69) is 10.7 Å². The zero-order valence-corrected chi connectivity index (χ0v) is 6.10.